The van der Waals surface area contributed by atoms with E-state index in [0.717, 1.165) is 245 Å². The molecule has 11 atom stereocenters. The minimum Gasteiger partial charge on any atom is -0.496 e. The van der Waals surface area contributed by atoms with Crippen molar-refractivity contribution in [1.82, 2.24) is 59.8 Å². The highest BCUT2D eigenvalue weighted by Gasteiger charge is 2.40. The lowest BCUT2D eigenvalue weighted by atomic mass is 10.1. The molecule has 0 aliphatic carbocycles. The number of aliphatic hydroxyl groups is 4. The van der Waals surface area contributed by atoms with Gasteiger partial charge in [-0.25, -0.2) is 19.9 Å². The van der Waals surface area contributed by atoms with Crippen LogP contribution in [0.4, 0.5) is 47.1 Å². The molecule has 139 heavy (non-hydrogen) atoms. The third kappa shape index (κ3) is 21.1. The molecule has 18 heterocycles. The molecule has 4 unspecified atom stereocenters. The SMILES string of the molecule is COc1ccc(-c2cc3nc(N4CC5CCC(C4)O5)nc(N4CC5CCC(C4)O5)c3cn2)cc1CO.COc1ccc(-c2cc3nc(N4CCOCC4)nc(N4CCOC[C@@H]4C)c3cn2)cc1CO.COc1ccc(-c2cc3nc(N4CCOC[C@@H]4C)nc(N4CCOC[C@@H]4C)c3cn2)cc1CO.COc1ccc(-c2cc3nc(N4C[C@@H](C)O[C@@H](C)C4)nc(N4C[C@@H](C)O[C@@H](C)C4)c3cn2)cc1CO. The maximum absolute atomic E-state index is 9.80. The van der Waals surface area contributed by atoms with Gasteiger partial charge in [-0.05, 0) is 171 Å². The number of anilines is 8. The second kappa shape index (κ2) is 43.0. The first kappa shape index (κ1) is 95.9. The van der Waals surface area contributed by atoms with Gasteiger partial charge in [-0.2, -0.15) is 19.9 Å². The standard InChI is InChI=1S/C27H31N5O4.C27H35N5O4.C25H31N5O4.C24H29N5O4/c1-34-25-7-2-16(8-17(25)15-33)23-9-24-22(10-28-23)26(31-11-18-3-4-19(12-31)35-18)30-27(29-24)32-13-20-5-6-21(14-32)36-20;1-16-11-31(12-17(2)35-16)26-22-10-28-23(20-6-7-25(34-5)21(8-20)15-33)9-24(22)29-27(30-26)32-13-18(3)36-19(4)14-32;1-16-14-33-8-6-29(16)24-20-12-26-21(18-4-5-23(32-3)19(10-18)13-31)11-22(20)27-25(28-24)30-7-9-34-15-17(30)2;1-16-15-33-10-7-29(16)23-19-13-25-20(17-3-4-22(31-2)18(11-17)14-30)12-21(19)26-24(27-23)28-5-8-32-9-6-28/h2,7-10,18-21,33H,3-6,11-15H2,1H3;6-10,16-19,33H,11-15H2,1-5H3;4-5,10-12,16-17,31H,6-9,13-15H2,1-3H3;3-4,11-13,16,30H,5-10,14-15H2,1-2H3/t;16-,17+,18-,19+;16-,17-;16-/m..00/s1. The molecular weight excluding hydrogens is 1770 g/mol. The number of ether oxygens (including phenoxy) is 12. The highest BCUT2D eigenvalue weighted by Crippen LogP contribution is 2.42. The first-order valence-electron chi connectivity index (χ1n) is 48.6. The van der Waals surface area contributed by atoms with Crippen LogP contribution in [0.1, 0.15) is 96.4 Å². The summed E-state index contributed by atoms with van der Waals surface area (Å²) in [6, 6.07) is 31.5. The third-order valence-corrected chi connectivity index (χ3v) is 27.5. The summed E-state index contributed by atoms with van der Waals surface area (Å²) in [7, 11) is 6.41. The lowest BCUT2D eigenvalue weighted by Crippen LogP contribution is -2.47. The molecular formula is C103H126N20O16. The zero-order valence-corrected chi connectivity index (χ0v) is 81.0. The molecule has 0 amide bonds. The molecule has 10 aliphatic heterocycles. The Morgan fingerprint density at radius 3 is 0.914 bits per heavy atom. The van der Waals surface area contributed by atoms with E-state index in [1.165, 1.54) is 0 Å². The molecule has 22 rings (SSSR count). The summed E-state index contributed by atoms with van der Waals surface area (Å²) in [6.45, 7) is 29.8. The highest BCUT2D eigenvalue weighted by molar-refractivity contribution is 5.96. The van der Waals surface area contributed by atoms with E-state index in [2.05, 4.69) is 87.7 Å². The Morgan fingerprint density at radius 1 is 0.295 bits per heavy atom. The van der Waals surface area contributed by atoms with E-state index < -0.39 is 0 Å². The van der Waals surface area contributed by atoms with Gasteiger partial charge >= 0.3 is 0 Å². The molecule has 4 N–H and O–H groups in total. The predicted octanol–water partition coefficient (Wildman–Crippen LogP) is 11.2. The molecule has 12 aromatic rings. The van der Waals surface area contributed by atoms with Crippen molar-refractivity contribution in [2.45, 2.75) is 168 Å². The molecule has 36 heteroatoms. The summed E-state index contributed by atoms with van der Waals surface area (Å²) in [4.78, 5) is 77.4. The number of fused-ring (bicyclic) bond motifs is 8. The van der Waals surface area contributed by atoms with Crippen molar-refractivity contribution in [1.29, 1.82) is 0 Å². The largest absolute Gasteiger partial charge is 0.496 e. The number of benzene rings is 4. The van der Waals surface area contributed by atoms with Crippen molar-refractivity contribution in [2.75, 3.05) is 206 Å². The lowest BCUT2D eigenvalue weighted by Gasteiger charge is -2.38. The summed E-state index contributed by atoms with van der Waals surface area (Å²) >= 11 is 0. The molecule has 10 saturated heterocycles. The molecule has 0 saturated carbocycles. The molecule has 10 aliphatic rings. The van der Waals surface area contributed by atoms with Gasteiger partial charge in [0.2, 0.25) is 23.8 Å². The fourth-order valence-corrected chi connectivity index (χ4v) is 20.5. The number of hydrogen-bond donors (Lipinski definition) is 4. The minimum atomic E-state index is -0.109. The van der Waals surface area contributed by atoms with Crippen LogP contribution >= 0.6 is 0 Å². The molecule has 10 fully saturated rings. The van der Waals surface area contributed by atoms with Gasteiger partial charge in [0, 0.05) is 154 Å². The van der Waals surface area contributed by atoms with Crippen molar-refractivity contribution in [3.8, 4) is 68.0 Å². The number of rotatable bonds is 20. The van der Waals surface area contributed by atoms with Crippen molar-refractivity contribution in [3.63, 3.8) is 0 Å². The zero-order chi connectivity index (χ0) is 96.1. The van der Waals surface area contributed by atoms with Gasteiger partial charge in [-0.3, -0.25) is 19.9 Å². The van der Waals surface area contributed by atoms with E-state index in [-0.39, 0.29) is 93.4 Å². The Kier molecular flexibility index (Phi) is 29.6. The van der Waals surface area contributed by atoms with Crippen molar-refractivity contribution >= 4 is 90.7 Å². The van der Waals surface area contributed by atoms with E-state index in [1.807, 2.05) is 122 Å². The Bertz CT molecular complexity index is 6160. The van der Waals surface area contributed by atoms with E-state index in [4.69, 9.17) is 117 Å². The van der Waals surface area contributed by atoms with Gasteiger partial charge in [0.15, 0.2) is 0 Å². The number of methoxy groups -OCH3 is 4. The topological polar surface area (TPSA) is 372 Å². The monoisotopic (exact) mass is 1900 g/mol. The van der Waals surface area contributed by atoms with Crippen molar-refractivity contribution in [2.24, 2.45) is 0 Å². The van der Waals surface area contributed by atoms with Gasteiger partial charge < -0.3 is 116 Å². The van der Waals surface area contributed by atoms with E-state index in [9.17, 15) is 20.4 Å². The van der Waals surface area contributed by atoms with Gasteiger partial charge in [0.25, 0.3) is 0 Å². The Hall–Kier alpha value is -12.0. The van der Waals surface area contributed by atoms with Crippen LogP contribution in [0.25, 0.3) is 88.6 Å². The number of hydrogen-bond acceptors (Lipinski definition) is 36. The number of pyridine rings is 4. The van der Waals surface area contributed by atoms with Crippen molar-refractivity contribution < 1.29 is 77.3 Å². The minimum absolute atomic E-state index is 0.0974. The zero-order valence-electron chi connectivity index (χ0n) is 81.0. The van der Waals surface area contributed by atoms with Crippen LogP contribution in [0.5, 0.6) is 23.0 Å². The lowest BCUT2D eigenvalue weighted by molar-refractivity contribution is -0.00596. The average molecular weight is 1900 g/mol. The Balaban J connectivity index is 0.000000118. The summed E-state index contributed by atoms with van der Waals surface area (Å²) in [5.41, 5.74) is 13.0. The number of morpholine rings is 8. The van der Waals surface area contributed by atoms with Crippen LogP contribution in [0.15, 0.2) is 122 Å². The highest BCUT2D eigenvalue weighted by atomic mass is 16.5. The van der Waals surface area contributed by atoms with E-state index in [0.29, 0.717) is 99.3 Å². The first-order chi connectivity index (χ1) is 67.8. The van der Waals surface area contributed by atoms with Crippen molar-refractivity contribution in [3.05, 3.63) is 144 Å². The summed E-state index contributed by atoms with van der Waals surface area (Å²) in [6.07, 6.45) is 13.4. The number of nitrogens with zero attached hydrogens (tertiary/aromatic N) is 20. The molecule has 0 spiro atoms. The van der Waals surface area contributed by atoms with Crippen LogP contribution < -0.4 is 58.1 Å². The maximum atomic E-state index is 9.80. The fraction of sp³-hybridized carbons (Fsp3) is 0.495. The summed E-state index contributed by atoms with van der Waals surface area (Å²) in [5.74, 6) is 9.12. The molecule has 734 valence electrons. The van der Waals surface area contributed by atoms with E-state index in [1.54, 1.807) is 28.4 Å². The summed E-state index contributed by atoms with van der Waals surface area (Å²) < 4.78 is 68.0. The van der Waals surface area contributed by atoms with Crippen LogP contribution in [0, 0.1) is 0 Å². The van der Waals surface area contributed by atoms with Crippen LogP contribution in [0.3, 0.4) is 0 Å². The quantitative estimate of drug-likeness (QED) is 0.0550. The second-order valence-electron chi connectivity index (χ2n) is 37.5. The average Bonchev–Trinajstić information content (AvgIpc) is 1.01. The molecule has 36 nitrogen and oxygen atoms in total. The van der Waals surface area contributed by atoms with Gasteiger partial charge in [-0.15, -0.1) is 0 Å². The maximum Gasteiger partial charge on any atom is 0.228 e. The van der Waals surface area contributed by atoms with Crippen LogP contribution in [-0.2, 0) is 64.3 Å². The smallest absolute Gasteiger partial charge is 0.228 e. The van der Waals surface area contributed by atoms with Gasteiger partial charge in [0.05, 0.1) is 241 Å². The third-order valence-electron chi connectivity index (χ3n) is 27.5. The molecule has 4 aromatic carbocycles. The molecule has 8 aromatic heterocycles. The molecule has 0 radical (unpaired) electrons. The van der Waals surface area contributed by atoms with Gasteiger partial charge in [-0.1, -0.05) is 0 Å². The number of aromatic nitrogens is 12. The van der Waals surface area contributed by atoms with Gasteiger partial charge in [0.1, 0.15) is 46.3 Å². The molecule has 4 bridgehead atoms. The first-order valence-corrected chi connectivity index (χ1v) is 48.6. The number of aliphatic hydroxyl groups excluding tert-OH is 4. The second-order valence-corrected chi connectivity index (χ2v) is 37.5. The Morgan fingerprint density at radius 2 is 0.576 bits per heavy atom. The van der Waals surface area contributed by atoms with Crippen LogP contribution in [0.2, 0.25) is 0 Å². The Labute approximate surface area is 808 Å². The normalized spacial score (nSPS) is 23.2. The summed E-state index contributed by atoms with van der Waals surface area (Å²) in [5, 5.41) is 42.8. The predicted molar refractivity (Wildman–Crippen MR) is 532 cm³/mol. The van der Waals surface area contributed by atoms with Crippen LogP contribution in [-0.4, -0.2) is 314 Å². The fourth-order valence-electron chi connectivity index (χ4n) is 20.5. The van der Waals surface area contributed by atoms with E-state index >= 15 is 0 Å².